The molecule has 304 valence electrons. The number of fused-ring (bicyclic) bond motifs is 6. The van der Waals surface area contributed by atoms with E-state index in [0.717, 1.165) is 27.6 Å². The molecule has 0 radical (unpaired) electrons. The van der Waals surface area contributed by atoms with E-state index in [-0.39, 0.29) is 0 Å². The quantitative estimate of drug-likeness (QED) is 0.153. The number of nitriles is 1. The normalized spacial score (nSPS) is 11.6. The van der Waals surface area contributed by atoms with Gasteiger partial charge in [-0.05, 0) is 145 Å². The highest BCUT2D eigenvalue weighted by molar-refractivity contribution is 6.29. The van der Waals surface area contributed by atoms with Crippen molar-refractivity contribution in [1.82, 2.24) is 0 Å². The van der Waals surface area contributed by atoms with Gasteiger partial charge in [-0.2, -0.15) is 5.26 Å². The first-order chi connectivity index (χ1) is 32.7. The Labute approximate surface area is 383 Å². The van der Waals surface area contributed by atoms with Crippen molar-refractivity contribution in [2.24, 2.45) is 0 Å². The summed E-state index contributed by atoms with van der Waals surface area (Å²) in [4.78, 5) is 0. The molecule has 0 fully saturated rings. The van der Waals surface area contributed by atoms with Crippen molar-refractivity contribution < 1.29 is 0 Å². The van der Waals surface area contributed by atoms with Crippen molar-refractivity contribution in [3.63, 3.8) is 0 Å². The molecule has 1 nitrogen and oxygen atoms in total. The minimum absolute atomic E-state index is 0.652. The molecule has 0 aliphatic heterocycles. The molecular formula is C65H39N. The highest BCUT2D eigenvalue weighted by atomic mass is 14.3. The van der Waals surface area contributed by atoms with Crippen LogP contribution in [0, 0.1) is 11.3 Å². The molecule has 0 saturated carbocycles. The summed E-state index contributed by atoms with van der Waals surface area (Å²) in [5.74, 6) is 0. The van der Waals surface area contributed by atoms with E-state index in [4.69, 9.17) is 0 Å². The SMILES string of the molecule is N#Cc1ccc(-c2ccc3c(-c4ccccc4)c4ccccc4c(-c4ccccc4)c3c2)cc1-c1ccc2c3c(cccc13)-c1c-2c(-c2ccccc2)c2ccccc2c1-c1ccccc1. The lowest BCUT2D eigenvalue weighted by Crippen LogP contribution is -1.93. The average Bonchev–Trinajstić information content (AvgIpc) is 3.72. The van der Waals surface area contributed by atoms with Gasteiger partial charge in [-0.1, -0.05) is 218 Å². The number of hydrogen-bond donors (Lipinski definition) is 0. The molecule has 0 heterocycles. The van der Waals surface area contributed by atoms with Crippen LogP contribution in [0.25, 0.3) is 132 Å². The number of hydrogen-bond acceptors (Lipinski definition) is 1. The van der Waals surface area contributed by atoms with Crippen LogP contribution in [0.3, 0.4) is 0 Å². The molecule has 0 atom stereocenters. The molecular weight excluding hydrogens is 795 g/mol. The Morgan fingerprint density at radius 3 is 1.15 bits per heavy atom. The molecule has 0 aromatic heterocycles. The van der Waals surface area contributed by atoms with E-state index in [1.54, 1.807) is 0 Å². The first-order valence-corrected chi connectivity index (χ1v) is 22.7. The maximum absolute atomic E-state index is 10.8. The predicted molar refractivity (Wildman–Crippen MR) is 278 cm³/mol. The second kappa shape index (κ2) is 15.2. The molecule has 1 heteroatoms. The van der Waals surface area contributed by atoms with Gasteiger partial charge in [0.05, 0.1) is 11.6 Å². The van der Waals surface area contributed by atoms with Gasteiger partial charge in [-0.3, -0.25) is 0 Å². The van der Waals surface area contributed by atoms with E-state index in [1.165, 1.54) is 104 Å². The summed E-state index contributed by atoms with van der Waals surface area (Å²) in [5.41, 5.74) is 19.5. The van der Waals surface area contributed by atoms with Gasteiger partial charge in [0.15, 0.2) is 0 Å². The van der Waals surface area contributed by atoms with Gasteiger partial charge in [0, 0.05) is 5.56 Å². The van der Waals surface area contributed by atoms with E-state index in [1.807, 2.05) is 6.07 Å². The Hall–Kier alpha value is -8.83. The standard InChI is InChI=1S/C65H39N/c66-40-47-33-32-45(46-34-35-54-58(39-46)60(42-20-7-2-8-21-42)51-27-14-13-26-50(51)59(54)41-18-5-1-6-19-41)38-57(47)48-36-37-56-63-49(48)30-17-31-55(63)64-61(43-22-9-3-10-23-43)52-28-15-16-29-53(52)62(65(56)64)44-24-11-4-12-25-44/h1-39H. The zero-order chi connectivity index (χ0) is 43.7. The smallest absolute Gasteiger partial charge is 0.0998 e. The topological polar surface area (TPSA) is 23.8 Å². The molecule has 0 N–H and O–H groups in total. The van der Waals surface area contributed by atoms with E-state index < -0.39 is 0 Å². The van der Waals surface area contributed by atoms with Crippen molar-refractivity contribution >= 4 is 43.1 Å². The second-order valence-electron chi connectivity index (χ2n) is 17.3. The van der Waals surface area contributed by atoms with Crippen LogP contribution in [0.4, 0.5) is 0 Å². The summed E-state index contributed by atoms with van der Waals surface area (Å²) in [6.07, 6.45) is 0. The highest BCUT2D eigenvalue weighted by Crippen LogP contribution is 2.58. The lowest BCUT2D eigenvalue weighted by molar-refractivity contribution is 1.48. The molecule has 0 bridgehead atoms. The molecule has 13 rings (SSSR count). The summed E-state index contributed by atoms with van der Waals surface area (Å²) < 4.78 is 0. The van der Waals surface area contributed by atoms with Crippen LogP contribution < -0.4 is 0 Å². The average molecular weight is 834 g/mol. The van der Waals surface area contributed by atoms with E-state index in [2.05, 4.69) is 237 Å². The van der Waals surface area contributed by atoms with Crippen LogP contribution in [0.15, 0.2) is 237 Å². The fraction of sp³-hybridized carbons (Fsp3) is 0. The molecule has 0 saturated heterocycles. The molecule has 66 heavy (non-hydrogen) atoms. The monoisotopic (exact) mass is 833 g/mol. The molecule has 0 spiro atoms. The Morgan fingerprint density at radius 1 is 0.227 bits per heavy atom. The lowest BCUT2D eigenvalue weighted by atomic mass is 9.82. The summed E-state index contributed by atoms with van der Waals surface area (Å²) in [5, 5.41) is 20.5. The van der Waals surface area contributed by atoms with E-state index >= 15 is 0 Å². The van der Waals surface area contributed by atoms with Gasteiger partial charge in [-0.15, -0.1) is 0 Å². The van der Waals surface area contributed by atoms with Crippen LogP contribution in [0.1, 0.15) is 5.56 Å². The number of nitrogens with zero attached hydrogens (tertiary/aromatic N) is 1. The Morgan fingerprint density at radius 2 is 0.621 bits per heavy atom. The predicted octanol–water partition coefficient (Wildman–Crippen LogP) is 17.8. The summed E-state index contributed by atoms with van der Waals surface area (Å²) in [7, 11) is 0. The molecule has 1 aliphatic carbocycles. The third kappa shape index (κ3) is 5.72. The Kier molecular flexibility index (Phi) is 8.66. The number of rotatable bonds is 6. The van der Waals surface area contributed by atoms with Gasteiger partial charge >= 0.3 is 0 Å². The van der Waals surface area contributed by atoms with Crippen LogP contribution in [0.5, 0.6) is 0 Å². The molecule has 1 aliphatic rings. The largest absolute Gasteiger partial charge is 0.192 e. The highest BCUT2D eigenvalue weighted by Gasteiger charge is 2.31. The second-order valence-corrected chi connectivity index (χ2v) is 17.3. The molecule has 0 unspecified atom stereocenters. The van der Waals surface area contributed by atoms with Crippen molar-refractivity contribution in [2.45, 2.75) is 0 Å². The minimum Gasteiger partial charge on any atom is -0.192 e. The van der Waals surface area contributed by atoms with Crippen molar-refractivity contribution in [3.8, 4) is 95.1 Å². The van der Waals surface area contributed by atoms with Crippen molar-refractivity contribution in [3.05, 3.63) is 242 Å². The van der Waals surface area contributed by atoms with Gasteiger partial charge in [0.25, 0.3) is 0 Å². The maximum Gasteiger partial charge on any atom is 0.0998 e. The van der Waals surface area contributed by atoms with Crippen LogP contribution in [-0.4, -0.2) is 0 Å². The van der Waals surface area contributed by atoms with Gasteiger partial charge in [0.1, 0.15) is 0 Å². The fourth-order valence-corrected chi connectivity index (χ4v) is 11.1. The zero-order valence-electron chi connectivity index (χ0n) is 36.0. The van der Waals surface area contributed by atoms with Crippen molar-refractivity contribution in [1.29, 1.82) is 5.26 Å². The van der Waals surface area contributed by atoms with E-state index in [9.17, 15) is 5.26 Å². The van der Waals surface area contributed by atoms with Crippen LogP contribution in [-0.2, 0) is 0 Å². The van der Waals surface area contributed by atoms with Gasteiger partial charge < -0.3 is 0 Å². The van der Waals surface area contributed by atoms with E-state index in [0.29, 0.717) is 5.56 Å². The fourth-order valence-electron chi connectivity index (χ4n) is 11.1. The zero-order valence-corrected chi connectivity index (χ0v) is 36.0. The van der Waals surface area contributed by atoms with Gasteiger partial charge in [0.2, 0.25) is 0 Å². The molecule has 12 aromatic rings. The lowest BCUT2D eigenvalue weighted by Gasteiger charge is -2.20. The third-order valence-corrected chi connectivity index (χ3v) is 13.8. The Bertz CT molecular complexity index is 3860. The summed E-state index contributed by atoms with van der Waals surface area (Å²) in [6, 6.07) is 88.2. The minimum atomic E-state index is 0.652. The summed E-state index contributed by atoms with van der Waals surface area (Å²) in [6.45, 7) is 0. The maximum atomic E-state index is 10.8. The van der Waals surface area contributed by atoms with Crippen LogP contribution in [0.2, 0.25) is 0 Å². The molecule has 12 aromatic carbocycles. The summed E-state index contributed by atoms with van der Waals surface area (Å²) >= 11 is 0. The molecule has 0 amide bonds. The van der Waals surface area contributed by atoms with Crippen molar-refractivity contribution in [2.75, 3.05) is 0 Å². The first-order valence-electron chi connectivity index (χ1n) is 22.7. The number of benzene rings is 12. The third-order valence-electron chi connectivity index (χ3n) is 13.8. The Balaban J connectivity index is 1.05. The first kappa shape index (κ1) is 37.7. The van der Waals surface area contributed by atoms with Crippen LogP contribution >= 0.6 is 0 Å². The van der Waals surface area contributed by atoms with Gasteiger partial charge in [-0.25, -0.2) is 0 Å².